The molecule has 4 heteroatoms. The van der Waals surface area contributed by atoms with E-state index < -0.39 is 0 Å². The first-order valence-corrected chi connectivity index (χ1v) is 10.5. The first-order chi connectivity index (χ1) is 14.7. The van der Waals surface area contributed by atoms with Crippen LogP contribution < -0.4 is 10.5 Å². The molecule has 0 bridgehead atoms. The van der Waals surface area contributed by atoms with Gasteiger partial charge in [0.1, 0.15) is 12.4 Å². The first kappa shape index (κ1) is 23.2. The summed E-state index contributed by atoms with van der Waals surface area (Å²) in [6.07, 6.45) is 0. The number of nitrogens with two attached hydrogens (primary N) is 1. The van der Waals surface area contributed by atoms with Crippen molar-refractivity contribution in [2.24, 2.45) is 5.73 Å². The molecular weight excluding hydrogens is 372 g/mol. The molecule has 0 atom stereocenters. The van der Waals surface area contributed by atoms with Crippen LogP contribution in [0.4, 0.5) is 0 Å². The summed E-state index contributed by atoms with van der Waals surface area (Å²) in [5, 5.41) is 0. The number of amides is 1. The van der Waals surface area contributed by atoms with Gasteiger partial charge in [-0.1, -0.05) is 86.1 Å². The van der Waals surface area contributed by atoms with Gasteiger partial charge in [0.05, 0.1) is 5.56 Å². The van der Waals surface area contributed by atoms with Crippen LogP contribution in [0.1, 0.15) is 40.9 Å². The molecule has 2 N–H and O–H groups in total. The van der Waals surface area contributed by atoms with Gasteiger partial charge in [-0.25, -0.2) is 0 Å². The molecule has 0 aliphatic carbocycles. The fourth-order valence-corrected chi connectivity index (χ4v) is 3.00. The van der Waals surface area contributed by atoms with Crippen molar-refractivity contribution in [2.45, 2.75) is 33.9 Å². The lowest BCUT2D eigenvalue weighted by Gasteiger charge is -2.23. The van der Waals surface area contributed by atoms with Crippen LogP contribution in [0, 0.1) is 6.92 Å². The molecule has 0 unspecified atom stereocenters. The maximum atomic E-state index is 13.2. The molecule has 3 rings (SSSR count). The topological polar surface area (TPSA) is 55.6 Å². The Labute approximate surface area is 180 Å². The summed E-state index contributed by atoms with van der Waals surface area (Å²) in [4.78, 5) is 15.0. The molecule has 0 spiro atoms. The monoisotopic (exact) mass is 404 g/mol. The predicted molar refractivity (Wildman–Crippen MR) is 124 cm³/mol. The number of benzene rings is 3. The van der Waals surface area contributed by atoms with Crippen molar-refractivity contribution in [3.8, 4) is 5.75 Å². The van der Waals surface area contributed by atoms with E-state index in [-0.39, 0.29) is 5.91 Å². The highest BCUT2D eigenvalue weighted by Gasteiger charge is 2.19. The van der Waals surface area contributed by atoms with Gasteiger partial charge in [0.2, 0.25) is 0 Å². The molecule has 0 saturated heterocycles. The van der Waals surface area contributed by atoms with Gasteiger partial charge in [-0.2, -0.15) is 0 Å². The second kappa shape index (κ2) is 12.5. The van der Waals surface area contributed by atoms with Crippen molar-refractivity contribution in [3.05, 3.63) is 101 Å². The molecule has 0 saturated carbocycles. The lowest BCUT2D eigenvalue weighted by Crippen LogP contribution is -2.35. The third kappa shape index (κ3) is 6.75. The summed E-state index contributed by atoms with van der Waals surface area (Å²) in [6, 6.07) is 25.5. The minimum Gasteiger partial charge on any atom is -0.488 e. The second-order valence-electron chi connectivity index (χ2n) is 6.77. The van der Waals surface area contributed by atoms with Crippen molar-refractivity contribution in [1.82, 2.24) is 4.90 Å². The van der Waals surface area contributed by atoms with E-state index >= 15 is 0 Å². The van der Waals surface area contributed by atoms with E-state index in [9.17, 15) is 4.79 Å². The molecule has 0 aromatic heterocycles. The third-order valence-electron chi connectivity index (χ3n) is 4.53. The molecule has 0 fully saturated rings. The molecule has 30 heavy (non-hydrogen) atoms. The molecule has 158 valence electrons. The van der Waals surface area contributed by atoms with E-state index in [1.807, 2.05) is 81.4 Å². The fraction of sp³-hybridized carbons (Fsp3) is 0.269. The highest BCUT2D eigenvalue weighted by molar-refractivity contribution is 5.97. The number of carbonyl (C=O) groups excluding carboxylic acids is 1. The Morgan fingerprint density at radius 3 is 2.17 bits per heavy atom. The standard InChI is InChI=1S/C24H26N2O2.C2H6/c1-19-11-13-20(14-12-19)17-26(16-15-25)24(27)22-9-5-6-10-23(22)28-18-21-7-3-2-4-8-21;1-2/h2-14H,15-18,25H2,1H3;1-2H3. The molecule has 3 aromatic rings. The zero-order valence-electron chi connectivity index (χ0n) is 18.2. The van der Waals surface area contributed by atoms with Crippen molar-refractivity contribution >= 4 is 5.91 Å². The van der Waals surface area contributed by atoms with Crippen LogP contribution in [0.25, 0.3) is 0 Å². The van der Waals surface area contributed by atoms with E-state index in [0.29, 0.717) is 37.6 Å². The predicted octanol–water partition coefficient (Wildman–Crippen LogP) is 5.20. The van der Waals surface area contributed by atoms with Crippen LogP contribution in [0.2, 0.25) is 0 Å². The van der Waals surface area contributed by atoms with Gasteiger partial charge in [-0.15, -0.1) is 0 Å². The second-order valence-corrected chi connectivity index (χ2v) is 6.77. The van der Waals surface area contributed by atoms with Crippen molar-refractivity contribution in [1.29, 1.82) is 0 Å². The highest BCUT2D eigenvalue weighted by atomic mass is 16.5. The van der Waals surface area contributed by atoms with Crippen LogP contribution in [0.15, 0.2) is 78.9 Å². The lowest BCUT2D eigenvalue weighted by molar-refractivity contribution is 0.0743. The van der Waals surface area contributed by atoms with Crippen LogP contribution in [-0.4, -0.2) is 23.9 Å². The summed E-state index contributed by atoms with van der Waals surface area (Å²) >= 11 is 0. The minimum atomic E-state index is -0.0744. The molecule has 4 nitrogen and oxygen atoms in total. The van der Waals surface area contributed by atoms with E-state index in [2.05, 4.69) is 12.1 Å². The largest absolute Gasteiger partial charge is 0.488 e. The van der Waals surface area contributed by atoms with E-state index in [4.69, 9.17) is 10.5 Å². The Balaban J connectivity index is 0.00000155. The number of hydrogen-bond donors (Lipinski definition) is 1. The zero-order chi connectivity index (χ0) is 21.8. The maximum absolute atomic E-state index is 13.2. The summed E-state index contributed by atoms with van der Waals surface area (Å²) in [6.45, 7) is 7.88. The van der Waals surface area contributed by atoms with Crippen LogP contribution in [0.5, 0.6) is 5.75 Å². The molecule has 0 heterocycles. The molecule has 0 aliphatic heterocycles. The van der Waals surface area contributed by atoms with Gasteiger partial charge in [-0.05, 0) is 30.2 Å². The van der Waals surface area contributed by atoms with Crippen molar-refractivity contribution in [3.63, 3.8) is 0 Å². The van der Waals surface area contributed by atoms with Gasteiger partial charge in [0, 0.05) is 19.6 Å². The highest BCUT2D eigenvalue weighted by Crippen LogP contribution is 2.22. The van der Waals surface area contributed by atoms with Gasteiger partial charge in [-0.3, -0.25) is 4.79 Å². The SMILES string of the molecule is CC.Cc1ccc(CN(CCN)C(=O)c2ccccc2OCc2ccccc2)cc1. The number of rotatable bonds is 8. The Bertz CT molecular complexity index is 892. The van der Waals surface area contributed by atoms with Gasteiger partial charge in [0.25, 0.3) is 5.91 Å². The Kier molecular flexibility index (Phi) is 9.62. The Morgan fingerprint density at radius 1 is 0.867 bits per heavy atom. The zero-order valence-corrected chi connectivity index (χ0v) is 18.2. The number of nitrogens with zero attached hydrogens (tertiary/aromatic N) is 1. The first-order valence-electron chi connectivity index (χ1n) is 10.5. The number of aryl methyl sites for hydroxylation is 1. The Morgan fingerprint density at radius 2 is 1.50 bits per heavy atom. The molecule has 3 aromatic carbocycles. The van der Waals surface area contributed by atoms with E-state index in [1.165, 1.54) is 5.56 Å². The number of carbonyl (C=O) groups is 1. The number of para-hydroxylation sites is 1. The summed E-state index contributed by atoms with van der Waals surface area (Å²) in [5.74, 6) is 0.511. The fourth-order valence-electron chi connectivity index (χ4n) is 3.00. The van der Waals surface area contributed by atoms with Crippen molar-refractivity contribution < 1.29 is 9.53 Å². The van der Waals surface area contributed by atoms with Crippen LogP contribution in [0.3, 0.4) is 0 Å². The van der Waals surface area contributed by atoms with E-state index in [0.717, 1.165) is 11.1 Å². The summed E-state index contributed by atoms with van der Waals surface area (Å²) in [7, 11) is 0. The van der Waals surface area contributed by atoms with Crippen molar-refractivity contribution in [2.75, 3.05) is 13.1 Å². The minimum absolute atomic E-state index is 0.0744. The van der Waals surface area contributed by atoms with Gasteiger partial charge >= 0.3 is 0 Å². The number of ether oxygens (including phenoxy) is 1. The van der Waals surface area contributed by atoms with E-state index in [1.54, 1.807) is 11.0 Å². The quantitative estimate of drug-likeness (QED) is 0.561. The molecule has 1 amide bonds. The maximum Gasteiger partial charge on any atom is 0.257 e. The third-order valence-corrected chi connectivity index (χ3v) is 4.53. The van der Waals surface area contributed by atoms with Gasteiger partial charge in [0.15, 0.2) is 0 Å². The molecule has 0 radical (unpaired) electrons. The number of hydrogen-bond acceptors (Lipinski definition) is 3. The van der Waals surface area contributed by atoms with Crippen LogP contribution >= 0.6 is 0 Å². The molecule has 0 aliphatic rings. The van der Waals surface area contributed by atoms with Crippen LogP contribution in [-0.2, 0) is 13.2 Å². The van der Waals surface area contributed by atoms with Gasteiger partial charge < -0.3 is 15.4 Å². The summed E-state index contributed by atoms with van der Waals surface area (Å²) < 4.78 is 5.96. The molecular formula is C26H32N2O2. The summed E-state index contributed by atoms with van der Waals surface area (Å²) in [5.41, 5.74) is 9.66. The Hall–Kier alpha value is -3.11. The average molecular weight is 405 g/mol. The normalized spacial score (nSPS) is 10.0. The smallest absolute Gasteiger partial charge is 0.257 e. The lowest BCUT2D eigenvalue weighted by atomic mass is 10.1. The average Bonchev–Trinajstić information content (AvgIpc) is 2.80.